The number of fused-ring (bicyclic) bond motifs is 1. The molecule has 2 nitrogen and oxygen atoms in total. The molecule has 0 unspecified atom stereocenters. The molecule has 4 rings (SSSR count). The molecule has 0 atom stereocenters. The van der Waals surface area contributed by atoms with E-state index in [9.17, 15) is 0 Å². The zero-order chi connectivity index (χ0) is 19.0. The number of halogens is 3. The Morgan fingerprint density at radius 3 is 2.48 bits per heavy atom. The molecular formula is C21H14BrCl2NOS. The summed E-state index contributed by atoms with van der Waals surface area (Å²) >= 11 is 17.7. The maximum atomic E-state index is 6.38. The van der Waals surface area contributed by atoms with Crippen molar-refractivity contribution in [2.45, 2.75) is 4.90 Å². The molecule has 0 aliphatic heterocycles. The highest BCUT2D eigenvalue weighted by molar-refractivity contribution is 9.10. The second kappa shape index (κ2) is 7.80. The van der Waals surface area contributed by atoms with Gasteiger partial charge in [-0.3, -0.25) is 3.97 Å². The molecule has 0 aliphatic carbocycles. The highest BCUT2D eigenvalue weighted by Gasteiger charge is 2.17. The number of hydrogen-bond acceptors (Lipinski definition) is 2. The van der Waals surface area contributed by atoms with Gasteiger partial charge in [0.15, 0.2) is 5.75 Å². The zero-order valence-corrected chi connectivity index (χ0v) is 18.2. The van der Waals surface area contributed by atoms with Crippen LogP contribution in [0.5, 0.6) is 5.75 Å². The lowest BCUT2D eigenvalue weighted by Gasteiger charge is -2.14. The Hall–Kier alpha value is -1.59. The minimum atomic E-state index is 0.565. The Morgan fingerprint density at radius 1 is 0.963 bits per heavy atom. The maximum absolute atomic E-state index is 6.38. The predicted octanol–water partition coefficient (Wildman–Crippen LogP) is 7.94. The molecular weight excluding hydrogens is 465 g/mol. The van der Waals surface area contributed by atoms with E-state index < -0.39 is 0 Å². The molecule has 0 aliphatic rings. The van der Waals surface area contributed by atoms with Crippen molar-refractivity contribution in [1.82, 2.24) is 3.97 Å². The van der Waals surface area contributed by atoms with Crippen LogP contribution in [0, 0.1) is 0 Å². The number of aromatic nitrogens is 1. The van der Waals surface area contributed by atoms with Crippen molar-refractivity contribution in [2.24, 2.45) is 0 Å². The van der Waals surface area contributed by atoms with Crippen molar-refractivity contribution in [3.8, 4) is 17.0 Å². The van der Waals surface area contributed by atoms with E-state index in [0.29, 0.717) is 15.8 Å². The third-order valence-electron chi connectivity index (χ3n) is 4.16. The Morgan fingerprint density at radius 2 is 1.74 bits per heavy atom. The smallest absolute Gasteiger partial charge is 0.152 e. The number of rotatable bonds is 4. The normalized spacial score (nSPS) is 11.1. The number of nitrogens with zero attached hydrogens (tertiary/aromatic N) is 1. The molecule has 6 heteroatoms. The van der Waals surface area contributed by atoms with E-state index in [4.69, 9.17) is 27.9 Å². The van der Waals surface area contributed by atoms with Gasteiger partial charge in [0.2, 0.25) is 0 Å². The molecule has 27 heavy (non-hydrogen) atoms. The average Bonchev–Trinajstić information content (AvgIpc) is 2.99. The third kappa shape index (κ3) is 3.72. The van der Waals surface area contributed by atoms with Crippen LogP contribution in [0.2, 0.25) is 10.0 Å². The fourth-order valence-electron chi connectivity index (χ4n) is 2.97. The predicted molar refractivity (Wildman–Crippen MR) is 119 cm³/mol. The van der Waals surface area contributed by atoms with Crippen molar-refractivity contribution in [3.05, 3.63) is 81.2 Å². The van der Waals surface area contributed by atoms with E-state index >= 15 is 0 Å². The summed E-state index contributed by atoms with van der Waals surface area (Å²) in [6.07, 6.45) is 0. The number of ether oxygens (including phenoxy) is 1. The standard InChI is InChI=1S/C21H14BrCl2NOS/c1-26-21-17(24)11-15(22)12-20(21)27-25-18-8-7-16(23)9-14(18)10-19(25)13-5-3-2-4-6-13/h2-12H,1H3. The molecule has 4 aromatic rings. The van der Waals surface area contributed by atoms with Gasteiger partial charge in [0.25, 0.3) is 0 Å². The molecule has 0 radical (unpaired) electrons. The van der Waals surface area contributed by atoms with Crippen LogP contribution >= 0.6 is 51.1 Å². The zero-order valence-electron chi connectivity index (χ0n) is 14.2. The summed E-state index contributed by atoms with van der Waals surface area (Å²) in [5, 5.41) is 2.36. The molecule has 136 valence electrons. The molecule has 1 aromatic heterocycles. The quantitative estimate of drug-likeness (QED) is 0.295. The fraction of sp³-hybridized carbons (Fsp3) is 0.0476. The van der Waals surface area contributed by atoms with Crippen LogP contribution < -0.4 is 4.74 Å². The highest BCUT2D eigenvalue weighted by Crippen LogP contribution is 2.43. The highest BCUT2D eigenvalue weighted by atomic mass is 79.9. The van der Waals surface area contributed by atoms with Crippen LogP contribution in [0.15, 0.2) is 76.1 Å². The first-order valence-electron chi connectivity index (χ1n) is 8.14. The Labute approximate surface area is 180 Å². The van der Waals surface area contributed by atoms with Gasteiger partial charge in [-0.05, 0) is 53.9 Å². The monoisotopic (exact) mass is 477 g/mol. The van der Waals surface area contributed by atoms with Crippen molar-refractivity contribution in [2.75, 3.05) is 7.11 Å². The topological polar surface area (TPSA) is 14.2 Å². The number of hydrogen-bond donors (Lipinski definition) is 0. The number of methoxy groups -OCH3 is 1. The first kappa shape index (κ1) is 18.8. The molecule has 0 amide bonds. The van der Waals surface area contributed by atoms with Gasteiger partial charge in [-0.25, -0.2) is 0 Å². The van der Waals surface area contributed by atoms with Crippen molar-refractivity contribution in [1.29, 1.82) is 0 Å². The largest absolute Gasteiger partial charge is 0.494 e. The van der Waals surface area contributed by atoms with Gasteiger partial charge < -0.3 is 4.74 Å². The molecule has 0 saturated carbocycles. The first-order valence-corrected chi connectivity index (χ1v) is 10.5. The van der Waals surface area contributed by atoms with Crippen molar-refractivity contribution < 1.29 is 4.74 Å². The molecule has 0 bridgehead atoms. The second-order valence-electron chi connectivity index (χ2n) is 5.90. The summed E-state index contributed by atoms with van der Waals surface area (Å²) in [6.45, 7) is 0. The molecule has 0 spiro atoms. The van der Waals surface area contributed by atoms with Gasteiger partial charge in [-0.1, -0.05) is 69.5 Å². The maximum Gasteiger partial charge on any atom is 0.152 e. The first-order chi connectivity index (χ1) is 13.1. The second-order valence-corrected chi connectivity index (χ2v) is 8.65. The molecule has 1 heterocycles. The summed E-state index contributed by atoms with van der Waals surface area (Å²) < 4.78 is 8.63. The van der Waals surface area contributed by atoms with Crippen LogP contribution in [0.4, 0.5) is 0 Å². The Kier molecular flexibility index (Phi) is 5.42. The van der Waals surface area contributed by atoms with E-state index in [2.05, 4.69) is 38.1 Å². The van der Waals surface area contributed by atoms with E-state index in [1.165, 1.54) is 0 Å². The van der Waals surface area contributed by atoms with Gasteiger partial charge in [0, 0.05) is 14.9 Å². The minimum absolute atomic E-state index is 0.565. The van der Waals surface area contributed by atoms with Gasteiger partial charge in [0.1, 0.15) is 0 Å². The molecule has 0 N–H and O–H groups in total. The molecule has 0 saturated heterocycles. The molecule has 3 aromatic carbocycles. The fourth-order valence-corrected chi connectivity index (χ4v) is 5.42. The van der Waals surface area contributed by atoms with Crippen molar-refractivity contribution >= 4 is 62.0 Å². The molecule has 0 fully saturated rings. The van der Waals surface area contributed by atoms with Crippen LogP contribution in [0.25, 0.3) is 22.2 Å². The van der Waals surface area contributed by atoms with E-state index in [1.807, 2.05) is 48.5 Å². The van der Waals surface area contributed by atoms with Gasteiger partial charge in [-0.2, -0.15) is 0 Å². The summed E-state index contributed by atoms with van der Waals surface area (Å²) in [5.41, 5.74) is 3.27. The average molecular weight is 479 g/mol. The minimum Gasteiger partial charge on any atom is -0.494 e. The van der Waals surface area contributed by atoms with E-state index in [1.54, 1.807) is 19.1 Å². The van der Waals surface area contributed by atoms with Gasteiger partial charge >= 0.3 is 0 Å². The third-order valence-corrected chi connectivity index (χ3v) is 6.21. The summed E-state index contributed by atoms with van der Waals surface area (Å²) in [7, 11) is 1.63. The van der Waals surface area contributed by atoms with Gasteiger partial charge in [0.05, 0.1) is 28.2 Å². The lowest BCUT2D eigenvalue weighted by atomic mass is 10.1. The SMILES string of the molecule is COc1c(Cl)cc(Br)cc1Sn1c(-c2ccccc2)cc2cc(Cl)ccc21. The van der Waals surface area contributed by atoms with Crippen molar-refractivity contribution in [3.63, 3.8) is 0 Å². The van der Waals surface area contributed by atoms with Crippen LogP contribution in [0.1, 0.15) is 0 Å². The van der Waals surface area contributed by atoms with Gasteiger partial charge in [-0.15, -0.1) is 0 Å². The van der Waals surface area contributed by atoms with Crippen LogP contribution in [-0.4, -0.2) is 11.1 Å². The lowest BCUT2D eigenvalue weighted by Crippen LogP contribution is -1.94. The van der Waals surface area contributed by atoms with Crippen LogP contribution in [0.3, 0.4) is 0 Å². The van der Waals surface area contributed by atoms with Crippen LogP contribution in [-0.2, 0) is 0 Å². The Bertz CT molecular complexity index is 1130. The summed E-state index contributed by atoms with van der Waals surface area (Å²) in [5.74, 6) is 0.652. The van der Waals surface area contributed by atoms with E-state index in [-0.39, 0.29) is 0 Å². The lowest BCUT2D eigenvalue weighted by molar-refractivity contribution is 0.405. The summed E-state index contributed by atoms with van der Waals surface area (Å²) in [4.78, 5) is 0.918. The number of benzene rings is 3. The van der Waals surface area contributed by atoms with E-state index in [0.717, 1.165) is 31.5 Å². The Balaban J connectivity index is 1.94. The summed E-state index contributed by atoms with van der Waals surface area (Å²) in [6, 6.07) is 22.2.